The van der Waals surface area contributed by atoms with Gasteiger partial charge in [-0.3, -0.25) is 0 Å². The Morgan fingerprint density at radius 2 is 2.05 bits per heavy atom. The Labute approximate surface area is 124 Å². The van der Waals surface area contributed by atoms with Gasteiger partial charge >= 0.3 is 5.97 Å². The van der Waals surface area contributed by atoms with Gasteiger partial charge in [0.05, 0.1) is 6.10 Å². The Balaban J connectivity index is 2.24. The van der Waals surface area contributed by atoms with Gasteiger partial charge in [-0.1, -0.05) is 12.8 Å². The molecule has 0 bridgehead atoms. The number of halogens is 1. The first-order chi connectivity index (χ1) is 9.31. The average molecular weight is 368 g/mol. The molecule has 2 rings (SSSR count). The first kappa shape index (κ1) is 15.5. The third kappa shape index (κ3) is 3.22. The third-order valence-corrected chi connectivity index (χ3v) is 5.54. The minimum atomic E-state index is -3.95. The molecule has 3 N–H and O–H groups in total. The normalized spacial score (nSPS) is 23.7. The van der Waals surface area contributed by atoms with E-state index < -0.39 is 33.9 Å². The number of hydrogen-bond donors (Lipinski definition) is 3. The topological polar surface area (TPSA) is 117 Å². The molecule has 1 saturated carbocycles. The molecule has 112 valence electrons. The van der Waals surface area contributed by atoms with Crippen molar-refractivity contribution in [3.05, 3.63) is 16.5 Å². The molecule has 1 aromatic heterocycles. The fourth-order valence-electron chi connectivity index (χ4n) is 2.15. The summed E-state index contributed by atoms with van der Waals surface area (Å²) in [6.45, 7) is 0. The number of aliphatic hydroxyl groups excluding tert-OH is 1. The number of rotatable bonds is 4. The Bertz CT molecular complexity index is 610. The molecule has 1 fully saturated rings. The standard InChI is InChI=1S/C11H14BrNO6S/c12-10-9(5-8(19-10)11(15)16)20(17,18)13-6-3-1-2-4-7(6)14/h5-7,13-14H,1-4H2,(H,15,16). The van der Waals surface area contributed by atoms with Gasteiger partial charge in [-0.05, 0) is 28.8 Å². The molecule has 7 nitrogen and oxygen atoms in total. The van der Waals surface area contributed by atoms with Gasteiger partial charge in [-0.15, -0.1) is 0 Å². The van der Waals surface area contributed by atoms with Gasteiger partial charge in [0.1, 0.15) is 4.90 Å². The molecule has 1 heterocycles. The molecule has 0 spiro atoms. The van der Waals surface area contributed by atoms with E-state index >= 15 is 0 Å². The monoisotopic (exact) mass is 367 g/mol. The van der Waals surface area contributed by atoms with Crippen LogP contribution in [-0.4, -0.2) is 36.7 Å². The van der Waals surface area contributed by atoms with Crippen molar-refractivity contribution in [2.45, 2.75) is 42.7 Å². The lowest BCUT2D eigenvalue weighted by Crippen LogP contribution is -2.44. The largest absolute Gasteiger partial charge is 0.475 e. The third-order valence-electron chi connectivity index (χ3n) is 3.19. The molecule has 20 heavy (non-hydrogen) atoms. The van der Waals surface area contributed by atoms with Crippen LogP contribution in [0.15, 0.2) is 20.0 Å². The zero-order valence-electron chi connectivity index (χ0n) is 10.4. The minimum Gasteiger partial charge on any atom is -0.475 e. The van der Waals surface area contributed by atoms with Crippen molar-refractivity contribution in [2.24, 2.45) is 0 Å². The molecular weight excluding hydrogens is 354 g/mol. The van der Waals surface area contributed by atoms with Crippen LogP contribution < -0.4 is 4.72 Å². The maximum Gasteiger partial charge on any atom is 0.371 e. The number of furan rings is 1. The Kier molecular flexibility index (Phi) is 4.52. The minimum absolute atomic E-state index is 0.173. The van der Waals surface area contributed by atoms with Crippen LogP contribution in [0.4, 0.5) is 0 Å². The highest BCUT2D eigenvalue weighted by Crippen LogP contribution is 2.27. The summed E-state index contributed by atoms with van der Waals surface area (Å²) in [5, 5.41) is 18.6. The molecule has 1 aromatic rings. The van der Waals surface area contributed by atoms with Crippen molar-refractivity contribution in [3.63, 3.8) is 0 Å². The lowest BCUT2D eigenvalue weighted by Gasteiger charge is -2.27. The van der Waals surface area contributed by atoms with Crippen molar-refractivity contribution in [1.82, 2.24) is 4.72 Å². The second-order valence-electron chi connectivity index (χ2n) is 4.63. The average Bonchev–Trinajstić information content (AvgIpc) is 2.75. The molecule has 0 aromatic carbocycles. The van der Waals surface area contributed by atoms with Crippen molar-refractivity contribution in [2.75, 3.05) is 0 Å². The molecule has 0 aliphatic heterocycles. The maximum absolute atomic E-state index is 12.2. The van der Waals surface area contributed by atoms with E-state index in [0.717, 1.165) is 18.9 Å². The lowest BCUT2D eigenvalue weighted by molar-refractivity contribution is 0.0661. The van der Waals surface area contributed by atoms with E-state index in [0.29, 0.717) is 12.8 Å². The first-order valence-corrected chi connectivity index (χ1v) is 8.32. The van der Waals surface area contributed by atoms with Gasteiger partial charge in [0.2, 0.25) is 15.8 Å². The Morgan fingerprint density at radius 3 is 2.60 bits per heavy atom. The number of nitrogens with one attached hydrogen (secondary N) is 1. The molecular formula is C11H14BrNO6S. The van der Waals surface area contributed by atoms with Crippen LogP contribution in [0, 0.1) is 0 Å². The molecule has 1 aliphatic carbocycles. The van der Waals surface area contributed by atoms with Crippen LogP contribution in [0.25, 0.3) is 0 Å². The van der Waals surface area contributed by atoms with E-state index in [1.807, 2.05) is 0 Å². The zero-order valence-corrected chi connectivity index (χ0v) is 12.8. The van der Waals surface area contributed by atoms with E-state index in [1.54, 1.807) is 0 Å². The van der Waals surface area contributed by atoms with Crippen molar-refractivity contribution >= 4 is 31.9 Å². The van der Waals surface area contributed by atoms with Gasteiger partial charge in [0, 0.05) is 12.1 Å². The molecule has 0 radical (unpaired) electrons. The van der Waals surface area contributed by atoms with Crippen molar-refractivity contribution in [3.8, 4) is 0 Å². The molecule has 2 unspecified atom stereocenters. The van der Waals surface area contributed by atoms with E-state index in [4.69, 9.17) is 9.52 Å². The van der Waals surface area contributed by atoms with E-state index in [-0.39, 0.29) is 9.56 Å². The van der Waals surface area contributed by atoms with Crippen LogP contribution in [-0.2, 0) is 10.0 Å². The highest BCUT2D eigenvalue weighted by molar-refractivity contribution is 9.10. The van der Waals surface area contributed by atoms with E-state index in [2.05, 4.69) is 20.7 Å². The number of sulfonamides is 1. The summed E-state index contributed by atoms with van der Waals surface area (Å²) in [5.74, 6) is -1.83. The summed E-state index contributed by atoms with van der Waals surface area (Å²) in [4.78, 5) is 10.5. The summed E-state index contributed by atoms with van der Waals surface area (Å²) >= 11 is 2.89. The molecule has 1 aliphatic rings. The van der Waals surface area contributed by atoms with E-state index in [9.17, 15) is 18.3 Å². The van der Waals surface area contributed by atoms with Gasteiger partial charge in [0.25, 0.3) is 0 Å². The maximum atomic E-state index is 12.2. The van der Waals surface area contributed by atoms with Crippen LogP contribution in [0.5, 0.6) is 0 Å². The van der Waals surface area contributed by atoms with Crippen LogP contribution >= 0.6 is 15.9 Å². The Hall–Kier alpha value is -0.900. The van der Waals surface area contributed by atoms with Gasteiger partial charge in [-0.2, -0.15) is 0 Å². The van der Waals surface area contributed by atoms with Crippen molar-refractivity contribution < 1.29 is 27.8 Å². The Morgan fingerprint density at radius 1 is 1.40 bits per heavy atom. The fraction of sp³-hybridized carbons (Fsp3) is 0.545. The molecule has 0 amide bonds. The van der Waals surface area contributed by atoms with Crippen LogP contribution in [0.1, 0.15) is 36.2 Å². The van der Waals surface area contributed by atoms with Crippen LogP contribution in [0.3, 0.4) is 0 Å². The highest BCUT2D eigenvalue weighted by atomic mass is 79.9. The summed E-state index contributed by atoms with van der Waals surface area (Å²) in [6.07, 6.45) is 2.04. The SMILES string of the molecule is O=C(O)c1cc(S(=O)(=O)NC2CCCCC2O)c(Br)o1. The quantitative estimate of drug-likeness (QED) is 0.738. The summed E-state index contributed by atoms with van der Waals surface area (Å²) in [5.41, 5.74) is 0. The fourth-order valence-corrected chi connectivity index (χ4v) is 4.40. The number of carbonyl (C=O) groups is 1. The second kappa shape index (κ2) is 5.84. The number of hydrogen-bond acceptors (Lipinski definition) is 5. The number of carboxylic acid groups (broad SMARTS) is 1. The summed E-state index contributed by atoms with van der Waals surface area (Å²) in [6, 6.07) is 0.369. The molecule has 0 saturated heterocycles. The lowest BCUT2D eigenvalue weighted by atomic mass is 9.93. The predicted molar refractivity (Wildman–Crippen MR) is 72.0 cm³/mol. The smallest absolute Gasteiger partial charge is 0.371 e. The molecule has 2 atom stereocenters. The second-order valence-corrected chi connectivity index (χ2v) is 7.04. The predicted octanol–water partition coefficient (Wildman–Crippen LogP) is 1.32. The summed E-state index contributed by atoms with van der Waals surface area (Å²) in [7, 11) is -3.95. The number of aromatic carboxylic acids is 1. The molecule has 9 heteroatoms. The highest BCUT2D eigenvalue weighted by Gasteiger charge is 2.31. The van der Waals surface area contributed by atoms with Crippen LogP contribution in [0.2, 0.25) is 0 Å². The summed E-state index contributed by atoms with van der Waals surface area (Å²) < 4.78 is 31.4. The van der Waals surface area contributed by atoms with E-state index in [1.165, 1.54) is 0 Å². The van der Waals surface area contributed by atoms with Crippen molar-refractivity contribution in [1.29, 1.82) is 0 Å². The van der Waals surface area contributed by atoms with Gasteiger partial charge in [0.15, 0.2) is 4.67 Å². The zero-order chi connectivity index (χ0) is 14.9. The first-order valence-electron chi connectivity index (χ1n) is 6.04. The number of aliphatic hydroxyl groups is 1. The number of carboxylic acids is 1. The van der Waals surface area contributed by atoms with Gasteiger partial charge in [-0.25, -0.2) is 17.9 Å². The van der Waals surface area contributed by atoms with Gasteiger partial charge < -0.3 is 14.6 Å².